The molecule has 184 valence electrons. The molecule has 3 aromatic rings. The van der Waals surface area contributed by atoms with Gasteiger partial charge >= 0.3 is 6.03 Å². The van der Waals surface area contributed by atoms with Crippen molar-refractivity contribution in [3.05, 3.63) is 65.4 Å². The molecular formula is C26H29FN4O4. The van der Waals surface area contributed by atoms with Crippen LogP contribution in [0.15, 0.2) is 52.7 Å². The Morgan fingerprint density at radius 3 is 2.51 bits per heavy atom. The lowest BCUT2D eigenvalue weighted by atomic mass is 9.94. The van der Waals surface area contributed by atoms with Crippen LogP contribution in [0.1, 0.15) is 50.6 Å². The average Bonchev–Trinajstić information content (AvgIpc) is 3.35. The van der Waals surface area contributed by atoms with E-state index in [0.29, 0.717) is 35.0 Å². The molecule has 1 aliphatic heterocycles. The number of hydrogen-bond donors (Lipinski definition) is 1. The average molecular weight is 481 g/mol. The Morgan fingerprint density at radius 2 is 1.83 bits per heavy atom. The summed E-state index contributed by atoms with van der Waals surface area (Å²) in [6.07, 6.45) is 2.94. The standard InChI is InChI=1S/C26H29FN4O4/c1-5-6-7-14-31-16(2)22(25-29-24(30-35-25)17-8-11-19(27)12-9-17)23(28-26(31)32)18-10-13-20(33-3)21(15-18)34-4/h8-13,15,23H,5-7,14H2,1-4H3,(H,28,32). The molecule has 4 rings (SSSR count). The minimum Gasteiger partial charge on any atom is -0.493 e. The number of ether oxygens (including phenoxy) is 2. The molecule has 2 aromatic carbocycles. The largest absolute Gasteiger partial charge is 0.493 e. The summed E-state index contributed by atoms with van der Waals surface area (Å²) in [7, 11) is 3.13. The molecule has 1 atom stereocenters. The van der Waals surface area contributed by atoms with E-state index in [-0.39, 0.29) is 17.7 Å². The highest BCUT2D eigenvalue weighted by Crippen LogP contribution is 2.40. The number of unbranched alkanes of at least 4 members (excludes halogenated alkanes) is 2. The number of hydrogen-bond acceptors (Lipinski definition) is 6. The Kier molecular flexibility index (Phi) is 7.33. The third-order valence-electron chi connectivity index (χ3n) is 6.08. The van der Waals surface area contributed by atoms with Gasteiger partial charge in [-0.25, -0.2) is 9.18 Å². The molecule has 1 unspecified atom stereocenters. The van der Waals surface area contributed by atoms with Gasteiger partial charge in [-0.2, -0.15) is 4.98 Å². The fourth-order valence-corrected chi connectivity index (χ4v) is 4.18. The molecule has 35 heavy (non-hydrogen) atoms. The first-order chi connectivity index (χ1) is 17.0. The number of rotatable bonds is 9. The normalized spacial score (nSPS) is 15.9. The summed E-state index contributed by atoms with van der Waals surface area (Å²) in [5, 5.41) is 7.21. The predicted octanol–water partition coefficient (Wildman–Crippen LogP) is 5.58. The summed E-state index contributed by atoms with van der Waals surface area (Å²) >= 11 is 0. The number of nitrogens with one attached hydrogen (secondary N) is 1. The maximum atomic E-state index is 13.4. The van der Waals surface area contributed by atoms with Crippen LogP contribution in [-0.4, -0.2) is 41.8 Å². The summed E-state index contributed by atoms with van der Waals surface area (Å²) in [5.74, 6) is 1.39. The van der Waals surface area contributed by atoms with Crippen molar-refractivity contribution < 1.29 is 23.2 Å². The molecule has 0 saturated carbocycles. The number of carbonyl (C=O) groups excluding carboxylic acids is 1. The minimum atomic E-state index is -0.550. The summed E-state index contributed by atoms with van der Waals surface area (Å²) in [4.78, 5) is 19.4. The van der Waals surface area contributed by atoms with Gasteiger partial charge in [0.25, 0.3) is 5.89 Å². The molecule has 8 nitrogen and oxygen atoms in total. The molecule has 0 saturated heterocycles. The SMILES string of the molecule is CCCCCN1C(=O)NC(c2ccc(OC)c(OC)c2)C(c2nc(-c3ccc(F)cc3)no2)=C1C. The molecule has 0 radical (unpaired) electrons. The zero-order valence-corrected chi connectivity index (χ0v) is 20.3. The van der Waals surface area contributed by atoms with Gasteiger partial charge in [0.05, 0.1) is 25.8 Å². The Balaban J connectivity index is 1.79. The van der Waals surface area contributed by atoms with Gasteiger partial charge in [0.1, 0.15) is 5.82 Å². The third-order valence-corrected chi connectivity index (χ3v) is 6.08. The predicted molar refractivity (Wildman–Crippen MR) is 129 cm³/mol. The van der Waals surface area contributed by atoms with Gasteiger partial charge in [0, 0.05) is 17.8 Å². The smallest absolute Gasteiger partial charge is 0.322 e. The summed E-state index contributed by atoms with van der Waals surface area (Å²) < 4.78 is 29.9. The zero-order chi connectivity index (χ0) is 24.9. The van der Waals surface area contributed by atoms with Crippen LogP contribution in [0.3, 0.4) is 0 Å². The van der Waals surface area contributed by atoms with E-state index in [2.05, 4.69) is 22.4 Å². The maximum Gasteiger partial charge on any atom is 0.322 e. The number of carbonyl (C=O) groups is 1. The lowest BCUT2D eigenvalue weighted by Gasteiger charge is -2.35. The van der Waals surface area contributed by atoms with Crippen LogP contribution in [-0.2, 0) is 0 Å². The van der Waals surface area contributed by atoms with Crippen molar-refractivity contribution in [3.63, 3.8) is 0 Å². The van der Waals surface area contributed by atoms with E-state index in [1.807, 2.05) is 19.1 Å². The van der Waals surface area contributed by atoms with E-state index in [1.54, 1.807) is 37.3 Å². The monoisotopic (exact) mass is 480 g/mol. The maximum absolute atomic E-state index is 13.4. The van der Waals surface area contributed by atoms with Gasteiger partial charge in [0.2, 0.25) is 5.82 Å². The van der Waals surface area contributed by atoms with Crippen molar-refractivity contribution in [2.75, 3.05) is 20.8 Å². The van der Waals surface area contributed by atoms with Crippen molar-refractivity contribution in [1.82, 2.24) is 20.4 Å². The van der Waals surface area contributed by atoms with Crippen LogP contribution < -0.4 is 14.8 Å². The Bertz CT molecular complexity index is 1220. The number of urea groups is 1. The number of benzene rings is 2. The second-order valence-electron chi connectivity index (χ2n) is 8.28. The number of allylic oxidation sites excluding steroid dienone is 1. The Labute approximate surface area is 203 Å². The Hall–Kier alpha value is -3.88. The fourth-order valence-electron chi connectivity index (χ4n) is 4.18. The van der Waals surface area contributed by atoms with Crippen LogP contribution in [0.4, 0.5) is 9.18 Å². The molecule has 0 aliphatic carbocycles. The van der Waals surface area contributed by atoms with Crippen molar-refractivity contribution in [3.8, 4) is 22.9 Å². The lowest BCUT2D eigenvalue weighted by Crippen LogP contribution is -2.46. The quantitative estimate of drug-likeness (QED) is 0.402. The van der Waals surface area contributed by atoms with Crippen molar-refractivity contribution in [2.45, 2.75) is 39.2 Å². The van der Waals surface area contributed by atoms with E-state index in [9.17, 15) is 9.18 Å². The third kappa shape index (κ3) is 4.99. The molecule has 9 heteroatoms. The lowest BCUT2D eigenvalue weighted by molar-refractivity contribution is 0.204. The molecule has 1 aromatic heterocycles. The topological polar surface area (TPSA) is 89.7 Å². The molecule has 2 amide bonds. The van der Waals surface area contributed by atoms with Crippen LogP contribution in [0.5, 0.6) is 11.5 Å². The highest BCUT2D eigenvalue weighted by atomic mass is 19.1. The van der Waals surface area contributed by atoms with Crippen LogP contribution in [0.25, 0.3) is 17.0 Å². The molecular weight excluding hydrogens is 451 g/mol. The van der Waals surface area contributed by atoms with E-state index < -0.39 is 6.04 Å². The number of nitrogens with zero attached hydrogens (tertiary/aromatic N) is 3. The first kappa shape index (κ1) is 24.3. The molecule has 1 aliphatic rings. The summed E-state index contributed by atoms with van der Waals surface area (Å²) in [6, 6.07) is 10.6. The van der Waals surface area contributed by atoms with E-state index in [4.69, 9.17) is 14.0 Å². The van der Waals surface area contributed by atoms with E-state index >= 15 is 0 Å². The second-order valence-corrected chi connectivity index (χ2v) is 8.28. The molecule has 0 spiro atoms. The Morgan fingerprint density at radius 1 is 1.09 bits per heavy atom. The zero-order valence-electron chi connectivity index (χ0n) is 20.3. The molecule has 2 heterocycles. The highest BCUT2D eigenvalue weighted by Gasteiger charge is 2.36. The van der Waals surface area contributed by atoms with Gasteiger partial charge in [0.15, 0.2) is 11.5 Å². The fraction of sp³-hybridized carbons (Fsp3) is 0.346. The van der Waals surface area contributed by atoms with E-state index in [1.165, 1.54) is 12.1 Å². The first-order valence-electron chi connectivity index (χ1n) is 11.6. The minimum absolute atomic E-state index is 0.194. The van der Waals surface area contributed by atoms with Gasteiger partial charge in [-0.05, 0) is 55.3 Å². The first-order valence-corrected chi connectivity index (χ1v) is 11.6. The van der Waals surface area contributed by atoms with Gasteiger partial charge < -0.3 is 19.3 Å². The summed E-state index contributed by atoms with van der Waals surface area (Å²) in [6.45, 7) is 4.58. The van der Waals surface area contributed by atoms with Crippen LogP contribution >= 0.6 is 0 Å². The van der Waals surface area contributed by atoms with Gasteiger partial charge in [-0.1, -0.05) is 31.0 Å². The summed E-state index contributed by atoms with van der Waals surface area (Å²) in [5.41, 5.74) is 2.83. The molecule has 1 N–H and O–H groups in total. The van der Waals surface area contributed by atoms with Crippen molar-refractivity contribution in [2.24, 2.45) is 0 Å². The van der Waals surface area contributed by atoms with Gasteiger partial charge in [-0.3, -0.25) is 4.90 Å². The highest BCUT2D eigenvalue weighted by molar-refractivity contribution is 5.87. The van der Waals surface area contributed by atoms with Crippen LogP contribution in [0, 0.1) is 5.82 Å². The van der Waals surface area contributed by atoms with Crippen molar-refractivity contribution >= 4 is 11.6 Å². The molecule has 0 bridgehead atoms. The number of methoxy groups -OCH3 is 2. The van der Waals surface area contributed by atoms with E-state index in [0.717, 1.165) is 30.5 Å². The van der Waals surface area contributed by atoms with Crippen LogP contribution in [0.2, 0.25) is 0 Å². The second kappa shape index (κ2) is 10.6. The van der Waals surface area contributed by atoms with Crippen molar-refractivity contribution in [1.29, 1.82) is 0 Å². The molecule has 0 fully saturated rings. The number of aromatic nitrogens is 2. The van der Waals surface area contributed by atoms with Gasteiger partial charge in [-0.15, -0.1) is 0 Å². The number of halogens is 1. The number of amides is 2.